The van der Waals surface area contributed by atoms with Crippen molar-refractivity contribution >= 4 is 0 Å². The molecule has 5 N–H and O–H groups in total. The molecular weight excluding hydrogens is 350 g/mol. The van der Waals surface area contributed by atoms with Crippen LogP contribution < -0.4 is 0 Å². The molecule has 164 valence electrons. The Morgan fingerprint density at radius 1 is 0.667 bits per heavy atom. The summed E-state index contributed by atoms with van der Waals surface area (Å²) in [5.74, 6) is 0. The predicted molar refractivity (Wildman–Crippen MR) is 107 cm³/mol. The molecule has 27 heavy (non-hydrogen) atoms. The van der Waals surface area contributed by atoms with Gasteiger partial charge in [-0.25, -0.2) is 0 Å². The lowest BCUT2D eigenvalue weighted by Gasteiger charge is -2.19. The van der Waals surface area contributed by atoms with Crippen LogP contribution in [0.3, 0.4) is 0 Å². The summed E-state index contributed by atoms with van der Waals surface area (Å²) >= 11 is 0. The van der Waals surface area contributed by atoms with Crippen molar-refractivity contribution in [3.63, 3.8) is 0 Å². The first-order valence-electron chi connectivity index (χ1n) is 9.52. The molecule has 0 amide bonds. The molecule has 3 heterocycles. The summed E-state index contributed by atoms with van der Waals surface area (Å²) in [5, 5.41) is 44.6. The molecule has 0 aliphatic carbocycles. The van der Waals surface area contributed by atoms with E-state index in [1.807, 2.05) is 14.1 Å². The fourth-order valence-electron chi connectivity index (χ4n) is 3.67. The number of aliphatic hydroxyl groups is 5. The van der Waals surface area contributed by atoms with Gasteiger partial charge in [0.15, 0.2) is 6.29 Å². The third kappa shape index (κ3) is 9.15. The molecule has 3 saturated heterocycles. The lowest BCUT2D eigenvalue weighted by Crippen LogP contribution is -2.35. The fraction of sp³-hybridized carbons (Fsp3) is 1.00. The second-order valence-electron chi connectivity index (χ2n) is 8.17. The Morgan fingerprint density at radius 2 is 1.00 bits per heavy atom. The Labute approximate surface area is 165 Å². The van der Waals surface area contributed by atoms with E-state index in [-0.39, 0.29) is 25.7 Å². The maximum absolute atomic E-state index is 9.06. The van der Waals surface area contributed by atoms with Crippen LogP contribution in [-0.2, 0) is 0 Å². The molecule has 8 heteroatoms. The summed E-state index contributed by atoms with van der Waals surface area (Å²) in [5.41, 5.74) is 0. The molecule has 0 bridgehead atoms. The molecule has 6 atom stereocenters. The zero-order chi connectivity index (χ0) is 20.0. The highest BCUT2D eigenvalue weighted by atomic mass is 16.5. The molecule has 3 aliphatic rings. The van der Waals surface area contributed by atoms with Crippen LogP contribution >= 0.6 is 0 Å². The van der Waals surface area contributed by atoms with E-state index in [0.717, 1.165) is 25.9 Å². The number of nitrogens with zero attached hydrogens (tertiary/aromatic N) is 3. The number of hydrogen-bond donors (Lipinski definition) is 5. The average Bonchev–Trinajstić information content (AvgIpc) is 3.10. The molecule has 0 spiro atoms. The molecule has 0 aromatic rings. The molecule has 0 aromatic carbocycles. The first-order chi connectivity index (χ1) is 12.0. The third-order valence-corrected chi connectivity index (χ3v) is 5.65. The van der Waals surface area contributed by atoms with E-state index in [1.54, 1.807) is 11.9 Å². The molecule has 0 aromatic heterocycles. The van der Waals surface area contributed by atoms with Crippen LogP contribution in [0.5, 0.6) is 0 Å². The van der Waals surface area contributed by atoms with E-state index >= 15 is 0 Å². The molecule has 8 nitrogen and oxygen atoms in total. The van der Waals surface area contributed by atoms with E-state index in [9.17, 15) is 0 Å². The average molecular weight is 394 g/mol. The number of likely N-dealkylation sites (tertiary alicyclic amines) is 3. The van der Waals surface area contributed by atoms with Gasteiger partial charge in [-0.15, -0.1) is 0 Å². The smallest absolute Gasteiger partial charge is 0.167 e. The second-order valence-corrected chi connectivity index (χ2v) is 8.17. The van der Waals surface area contributed by atoms with Crippen LogP contribution in [0.1, 0.15) is 40.5 Å². The SMILES string of the molecule is C.CN1CC(O)CC1C(O)O.C[C@H]1C[C@@H](O)CN1C.C[C@H]1C[C@H](O)CN1C. The number of aliphatic hydroxyl groups excluding tert-OH is 4. The highest BCUT2D eigenvalue weighted by molar-refractivity contribution is 4.83. The van der Waals surface area contributed by atoms with Crippen LogP contribution in [-0.4, -0.2) is 124 Å². The summed E-state index contributed by atoms with van der Waals surface area (Å²) < 4.78 is 0. The normalized spacial score (nSPS) is 37.4. The van der Waals surface area contributed by atoms with Gasteiger partial charge in [0.2, 0.25) is 0 Å². The van der Waals surface area contributed by atoms with E-state index < -0.39 is 12.4 Å². The summed E-state index contributed by atoms with van der Waals surface area (Å²) in [7, 11) is 5.85. The van der Waals surface area contributed by atoms with Crippen molar-refractivity contribution in [2.24, 2.45) is 0 Å². The Hall–Kier alpha value is -0.320. The second kappa shape index (κ2) is 12.3. The first-order valence-corrected chi connectivity index (χ1v) is 9.52. The molecule has 0 radical (unpaired) electrons. The van der Waals surface area contributed by atoms with E-state index in [0.29, 0.717) is 25.0 Å². The first kappa shape index (κ1) is 26.7. The van der Waals surface area contributed by atoms with Crippen molar-refractivity contribution in [1.82, 2.24) is 14.7 Å². The van der Waals surface area contributed by atoms with Gasteiger partial charge in [0.05, 0.1) is 24.4 Å². The van der Waals surface area contributed by atoms with Crippen LogP contribution in [0, 0.1) is 0 Å². The van der Waals surface area contributed by atoms with Crippen LogP contribution in [0.4, 0.5) is 0 Å². The summed E-state index contributed by atoms with van der Waals surface area (Å²) in [6, 6.07) is 0.852. The quantitative estimate of drug-likeness (QED) is 0.366. The Kier molecular flexibility index (Phi) is 12.1. The standard InChI is InChI=1S/C6H13NO3.2C6H13NO.CH4/c1-7-3-4(8)2-5(7)6(9)10;2*1-5-3-6(8)4-7(5)2;/h4-6,8-10H,2-3H2,1H3;2*5-6,8H,3-4H2,1-2H3;1H4/t;5-,6+;5-,6-;/m.00./s1. The summed E-state index contributed by atoms with van der Waals surface area (Å²) in [6.07, 6.45) is 0.449. The van der Waals surface area contributed by atoms with Crippen molar-refractivity contribution in [2.45, 2.75) is 83.3 Å². The van der Waals surface area contributed by atoms with Crippen LogP contribution in [0.15, 0.2) is 0 Å². The lowest BCUT2D eigenvalue weighted by atomic mass is 10.2. The molecular formula is C19H43N3O5. The van der Waals surface area contributed by atoms with E-state index in [1.165, 1.54) is 0 Å². The number of rotatable bonds is 1. The van der Waals surface area contributed by atoms with Gasteiger partial charge < -0.3 is 35.3 Å². The van der Waals surface area contributed by atoms with Gasteiger partial charge in [-0.2, -0.15) is 0 Å². The van der Waals surface area contributed by atoms with Gasteiger partial charge in [0.1, 0.15) is 0 Å². The van der Waals surface area contributed by atoms with Gasteiger partial charge in [-0.3, -0.25) is 4.90 Å². The lowest BCUT2D eigenvalue weighted by molar-refractivity contribution is -0.0863. The number of likely N-dealkylation sites (N-methyl/N-ethyl adjacent to an activating group) is 3. The minimum atomic E-state index is -1.33. The third-order valence-electron chi connectivity index (χ3n) is 5.65. The van der Waals surface area contributed by atoms with Crippen LogP contribution in [0.25, 0.3) is 0 Å². The van der Waals surface area contributed by atoms with Crippen LogP contribution in [0.2, 0.25) is 0 Å². The number of hydrogen-bond acceptors (Lipinski definition) is 8. The molecule has 3 aliphatic heterocycles. The predicted octanol–water partition coefficient (Wildman–Crippen LogP) is -0.859. The highest BCUT2D eigenvalue weighted by Gasteiger charge is 2.32. The van der Waals surface area contributed by atoms with Crippen molar-refractivity contribution < 1.29 is 25.5 Å². The minimum Gasteiger partial charge on any atom is -0.392 e. The molecule has 3 rings (SSSR count). The molecule has 2 unspecified atom stereocenters. The topological polar surface area (TPSA) is 111 Å². The van der Waals surface area contributed by atoms with Gasteiger partial charge in [-0.1, -0.05) is 7.43 Å². The zero-order valence-corrected chi connectivity index (χ0v) is 16.9. The molecule has 0 saturated carbocycles. The Balaban J connectivity index is 0.000000372. The van der Waals surface area contributed by atoms with Gasteiger partial charge in [-0.05, 0) is 54.3 Å². The fourth-order valence-corrected chi connectivity index (χ4v) is 3.67. The summed E-state index contributed by atoms with van der Waals surface area (Å²) in [6.45, 7) is 6.50. The Bertz CT molecular complexity index is 360. The maximum Gasteiger partial charge on any atom is 0.167 e. The van der Waals surface area contributed by atoms with Crippen molar-refractivity contribution in [3.05, 3.63) is 0 Å². The van der Waals surface area contributed by atoms with Crippen molar-refractivity contribution in [1.29, 1.82) is 0 Å². The minimum absolute atomic E-state index is 0. The van der Waals surface area contributed by atoms with E-state index in [2.05, 4.69) is 23.6 Å². The van der Waals surface area contributed by atoms with Crippen molar-refractivity contribution in [3.8, 4) is 0 Å². The summed E-state index contributed by atoms with van der Waals surface area (Å²) in [4.78, 5) is 6.09. The van der Waals surface area contributed by atoms with Gasteiger partial charge in [0.25, 0.3) is 0 Å². The monoisotopic (exact) mass is 393 g/mol. The van der Waals surface area contributed by atoms with Gasteiger partial charge in [0, 0.05) is 31.7 Å². The van der Waals surface area contributed by atoms with E-state index in [4.69, 9.17) is 25.5 Å². The maximum atomic E-state index is 9.06. The Morgan fingerprint density at radius 3 is 1.11 bits per heavy atom. The highest BCUT2D eigenvalue weighted by Crippen LogP contribution is 2.17. The number of β-amino-alcohol motifs (C(OH)–C–C–N with tert-alkyl or cyclic N) is 3. The zero-order valence-electron chi connectivity index (χ0n) is 16.9. The molecule has 3 fully saturated rings. The largest absolute Gasteiger partial charge is 0.392 e. The van der Waals surface area contributed by atoms with Crippen molar-refractivity contribution in [2.75, 3.05) is 40.8 Å². The van der Waals surface area contributed by atoms with Gasteiger partial charge >= 0.3 is 0 Å².